The van der Waals surface area contributed by atoms with Gasteiger partial charge in [-0.15, -0.1) is 0 Å². The Morgan fingerprint density at radius 1 is 1.31 bits per heavy atom. The van der Waals surface area contributed by atoms with Crippen molar-refractivity contribution in [2.45, 2.75) is 12.8 Å². The standard InChI is InChI=1S/C10H10N2O/c1-12-5-8-3-2-7-4-11-13-10(7)9(8)6-12/h4-6H,2-3H2,1H3. The van der Waals surface area contributed by atoms with E-state index in [1.54, 1.807) is 0 Å². The van der Waals surface area contributed by atoms with Crippen LogP contribution < -0.4 is 0 Å². The molecule has 1 aliphatic rings. The summed E-state index contributed by atoms with van der Waals surface area (Å²) in [7, 11) is 2.04. The Hall–Kier alpha value is -1.51. The van der Waals surface area contributed by atoms with Gasteiger partial charge in [-0.2, -0.15) is 0 Å². The number of hydrogen-bond acceptors (Lipinski definition) is 2. The molecule has 0 N–H and O–H groups in total. The van der Waals surface area contributed by atoms with E-state index >= 15 is 0 Å². The normalized spacial score (nSPS) is 13.9. The van der Waals surface area contributed by atoms with Crippen LogP contribution in [-0.2, 0) is 19.9 Å². The van der Waals surface area contributed by atoms with Crippen LogP contribution in [0, 0.1) is 0 Å². The third-order valence-corrected chi connectivity index (χ3v) is 2.59. The zero-order valence-electron chi connectivity index (χ0n) is 7.45. The lowest BCUT2D eigenvalue weighted by Gasteiger charge is -2.07. The molecule has 0 amide bonds. The molecule has 0 aromatic carbocycles. The van der Waals surface area contributed by atoms with Crippen molar-refractivity contribution < 1.29 is 4.52 Å². The number of aromatic nitrogens is 2. The van der Waals surface area contributed by atoms with Crippen LogP contribution in [0.15, 0.2) is 23.1 Å². The van der Waals surface area contributed by atoms with Gasteiger partial charge in [0, 0.05) is 30.6 Å². The molecule has 0 saturated heterocycles. The molecule has 2 heterocycles. The van der Waals surface area contributed by atoms with Crippen molar-refractivity contribution in [2.24, 2.45) is 7.05 Å². The lowest BCUT2D eigenvalue weighted by Crippen LogP contribution is -1.97. The molecule has 0 radical (unpaired) electrons. The Bertz CT molecular complexity index is 453. The van der Waals surface area contributed by atoms with Crippen molar-refractivity contribution >= 4 is 0 Å². The molecular formula is C10H10N2O. The topological polar surface area (TPSA) is 31.0 Å². The molecular weight excluding hydrogens is 164 g/mol. The highest BCUT2D eigenvalue weighted by Crippen LogP contribution is 2.33. The number of hydrogen-bond donors (Lipinski definition) is 0. The van der Waals surface area contributed by atoms with Gasteiger partial charge in [0.05, 0.1) is 6.20 Å². The van der Waals surface area contributed by atoms with Gasteiger partial charge < -0.3 is 9.09 Å². The second kappa shape index (κ2) is 2.25. The summed E-state index contributed by atoms with van der Waals surface area (Å²) >= 11 is 0. The van der Waals surface area contributed by atoms with Crippen molar-refractivity contribution in [1.82, 2.24) is 9.72 Å². The van der Waals surface area contributed by atoms with Crippen molar-refractivity contribution in [3.8, 4) is 11.3 Å². The number of fused-ring (bicyclic) bond motifs is 3. The minimum absolute atomic E-state index is 0.960. The van der Waals surface area contributed by atoms with Crippen LogP contribution in [0.25, 0.3) is 11.3 Å². The fraction of sp³-hybridized carbons (Fsp3) is 0.300. The molecule has 3 heteroatoms. The van der Waals surface area contributed by atoms with Gasteiger partial charge in [0.25, 0.3) is 0 Å². The Morgan fingerprint density at radius 3 is 3.08 bits per heavy atom. The maximum absolute atomic E-state index is 5.23. The van der Waals surface area contributed by atoms with Gasteiger partial charge in [0.2, 0.25) is 0 Å². The van der Waals surface area contributed by atoms with Gasteiger partial charge in [0.1, 0.15) is 0 Å². The first-order valence-corrected chi connectivity index (χ1v) is 4.43. The van der Waals surface area contributed by atoms with Gasteiger partial charge in [-0.05, 0) is 18.4 Å². The molecule has 13 heavy (non-hydrogen) atoms. The summed E-state index contributed by atoms with van der Waals surface area (Å²) in [5, 5.41) is 3.83. The zero-order chi connectivity index (χ0) is 8.84. The van der Waals surface area contributed by atoms with Crippen LogP contribution in [0.2, 0.25) is 0 Å². The molecule has 0 fully saturated rings. The van der Waals surface area contributed by atoms with Crippen molar-refractivity contribution in [3.05, 3.63) is 29.7 Å². The van der Waals surface area contributed by atoms with Gasteiger partial charge in [-0.3, -0.25) is 0 Å². The highest BCUT2D eigenvalue weighted by molar-refractivity contribution is 5.66. The highest BCUT2D eigenvalue weighted by atomic mass is 16.5. The third kappa shape index (κ3) is 0.869. The van der Waals surface area contributed by atoms with E-state index in [-0.39, 0.29) is 0 Å². The summed E-state index contributed by atoms with van der Waals surface area (Å²) in [6.07, 6.45) is 8.23. The maximum atomic E-state index is 5.23. The molecule has 0 saturated carbocycles. The molecule has 66 valence electrons. The molecule has 2 aromatic rings. The summed E-state index contributed by atoms with van der Waals surface area (Å²) in [5.41, 5.74) is 3.81. The molecule has 1 aliphatic carbocycles. The molecule has 2 aromatic heterocycles. The minimum atomic E-state index is 0.960. The van der Waals surface area contributed by atoms with Gasteiger partial charge in [-0.1, -0.05) is 5.16 Å². The van der Waals surface area contributed by atoms with Crippen LogP contribution in [0.3, 0.4) is 0 Å². The van der Waals surface area contributed by atoms with Crippen LogP contribution in [0.4, 0.5) is 0 Å². The molecule has 3 rings (SSSR count). The monoisotopic (exact) mass is 174 g/mol. The highest BCUT2D eigenvalue weighted by Gasteiger charge is 2.20. The second-order valence-electron chi connectivity index (χ2n) is 3.54. The average Bonchev–Trinajstić information content (AvgIpc) is 2.65. The SMILES string of the molecule is Cn1cc2c(c1)-c1oncc1CC2. The summed E-state index contributed by atoms with van der Waals surface area (Å²) in [5.74, 6) is 0.960. The zero-order valence-corrected chi connectivity index (χ0v) is 7.45. The van der Waals surface area contributed by atoms with E-state index < -0.39 is 0 Å². The van der Waals surface area contributed by atoms with Crippen LogP contribution >= 0.6 is 0 Å². The van der Waals surface area contributed by atoms with E-state index in [1.165, 1.54) is 16.7 Å². The second-order valence-corrected chi connectivity index (χ2v) is 3.54. The third-order valence-electron chi connectivity index (χ3n) is 2.59. The van der Waals surface area contributed by atoms with E-state index in [0.29, 0.717) is 0 Å². The summed E-state index contributed by atoms with van der Waals surface area (Å²) in [4.78, 5) is 0. The number of rotatable bonds is 0. The first-order chi connectivity index (χ1) is 6.34. The Kier molecular flexibility index (Phi) is 1.20. The Balaban J connectivity index is 2.29. The van der Waals surface area contributed by atoms with Crippen LogP contribution in [-0.4, -0.2) is 9.72 Å². The smallest absolute Gasteiger partial charge is 0.171 e. The fourth-order valence-electron chi connectivity index (χ4n) is 1.97. The first kappa shape index (κ1) is 6.95. The first-order valence-electron chi connectivity index (χ1n) is 4.43. The molecule has 0 bridgehead atoms. The molecule has 3 nitrogen and oxygen atoms in total. The van der Waals surface area contributed by atoms with E-state index in [4.69, 9.17) is 4.52 Å². The molecule has 0 atom stereocenters. The van der Waals surface area contributed by atoms with Gasteiger partial charge in [0.15, 0.2) is 5.76 Å². The van der Waals surface area contributed by atoms with E-state index in [2.05, 4.69) is 22.1 Å². The van der Waals surface area contributed by atoms with E-state index in [1.807, 2.05) is 13.2 Å². The van der Waals surface area contributed by atoms with Gasteiger partial charge in [-0.25, -0.2) is 0 Å². The minimum Gasteiger partial charge on any atom is -0.356 e. The summed E-state index contributed by atoms with van der Waals surface area (Å²) in [6, 6.07) is 0. The van der Waals surface area contributed by atoms with E-state index in [9.17, 15) is 0 Å². The van der Waals surface area contributed by atoms with Crippen molar-refractivity contribution in [1.29, 1.82) is 0 Å². The summed E-state index contributed by atoms with van der Waals surface area (Å²) in [6.45, 7) is 0. The average molecular weight is 174 g/mol. The number of nitrogens with zero attached hydrogens (tertiary/aromatic N) is 2. The quantitative estimate of drug-likeness (QED) is 0.609. The lowest BCUT2D eigenvalue weighted by atomic mass is 9.95. The molecule has 0 unspecified atom stereocenters. The van der Waals surface area contributed by atoms with Crippen LogP contribution in [0.5, 0.6) is 0 Å². The van der Waals surface area contributed by atoms with E-state index in [0.717, 1.165) is 18.6 Å². The van der Waals surface area contributed by atoms with Crippen LogP contribution in [0.1, 0.15) is 11.1 Å². The largest absolute Gasteiger partial charge is 0.356 e. The maximum Gasteiger partial charge on any atom is 0.171 e. The predicted molar refractivity (Wildman–Crippen MR) is 48.3 cm³/mol. The molecule has 0 spiro atoms. The predicted octanol–water partition coefficient (Wildman–Crippen LogP) is 1.78. The van der Waals surface area contributed by atoms with Gasteiger partial charge >= 0.3 is 0 Å². The lowest BCUT2D eigenvalue weighted by molar-refractivity contribution is 0.430. The molecule has 0 aliphatic heterocycles. The number of aryl methyl sites for hydroxylation is 3. The summed E-state index contributed by atoms with van der Waals surface area (Å²) < 4.78 is 7.30. The fourth-order valence-corrected chi connectivity index (χ4v) is 1.97. The van der Waals surface area contributed by atoms with Crippen molar-refractivity contribution in [3.63, 3.8) is 0 Å². The Morgan fingerprint density at radius 2 is 2.15 bits per heavy atom. The Labute approximate surface area is 76.0 Å². The van der Waals surface area contributed by atoms with Crippen molar-refractivity contribution in [2.75, 3.05) is 0 Å².